The minimum Gasteiger partial charge on any atom is -0.508 e. The van der Waals surface area contributed by atoms with Crippen LogP contribution in [0.2, 0.25) is 0 Å². The summed E-state index contributed by atoms with van der Waals surface area (Å²) in [5, 5.41) is 13.8. The molecule has 2 aromatic rings. The maximum Gasteiger partial charge on any atom is 0.350 e. The average molecular weight is 291 g/mol. The Balaban J connectivity index is 2.28. The van der Waals surface area contributed by atoms with Gasteiger partial charge in [0, 0.05) is 5.56 Å². The van der Waals surface area contributed by atoms with Gasteiger partial charge >= 0.3 is 5.97 Å². The van der Waals surface area contributed by atoms with Crippen LogP contribution in [0, 0.1) is 6.92 Å². The van der Waals surface area contributed by atoms with Gasteiger partial charge in [0.05, 0.1) is 12.8 Å². The predicted molar refractivity (Wildman–Crippen MR) is 76.5 cm³/mol. The van der Waals surface area contributed by atoms with E-state index in [0.717, 1.165) is 5.56 Å². The van der Waals surface area contributed by atoms with Crippen LogP contribution in [0.15, 0.2) is 29.6 Å². The standard InChI is InChI=1S/C14H13NO4S/c1-8-7-20-12(14(18)19-2)11(8)15-13(17)9-4-3-5-10(16)6-9/h3-7,16H,1-2H3,(H,15,17). The summed E-state index contributed by atoms with van der Waals surface area (Å²) < 4.78 is 4.68. The van der Waals surface area contributed by atoms with Gasteiger partial charge in [-0.1, -0.05) is 6.07 Å². The van der Waals surface area contributed by atoms with E-state index in [4.69, 9.17) is 0 Å². The van der Waals surface area contributed by atoms with Crippen molar-refractivity contribution >= 4 is 28.9 Å². The van der Waals surface area contributed by atoms with E-state index >= 15 is 0 Å². The Morgan fingerprint density at radius 2 is 2.10 bits per heavy atom. The Morgan fingerprint density at radius 3 is 2.75 bits per heavy atom. The number of carbonyl (C=O) groups is 2. The van der Waals surface area contributed by atoms with E-state index in [0.29, 0.717) is 16.1 Å². The molecule has 2 rings (SSSR count). The highest BCUT2D eigenvalue weighted by molar-refractivity contribution is 7.12. The summed E-state index contributed by atoms with van der Waals surface area (Å²) in [4.78, 5) is 24.1. The number of esters is 1. The van der Waals surface area contributed by atoms with E-state index in [-0.39, 0.29) is 5.75 Å². The summed E-state index contributed by atoms with van der Waals surface area (Å²) in [6.07, 6.45) is 0. The van der Waals surface area contributed by atoms with Gasteiger partial charge in [0.1, 0.15) is 10.6 Å². The minimum absolute atomic E-state index is 0.00730. The number of hydrogen-bond donors (Lipinski definition) is 2. The molecule has 0 unspecified atom stereocenters. The lowest BCUT2D eigenvalue weighted by Gasteiger charge is -2.07. The third kappa shape index (κ3) is 2.80. The van der Waals surface area contributed by atoms with Crippen LogP contribution in [0.4, 0.5) is 5.69 Å². The van der Waals surface area contributed by atoms with Gasteiger partial charge in [0.25, 0.3) is 5.91 Å². The Kier molecular flexibility index (Phi) is 4.05. The van der Waals surface area contributed by atoms with Crippen LogP contribution in [0.1, 0.15) is 25.6 Å². The molecule has 1 aromatic heterocycles. The van der Waals surface area contributed by atoms with Crippen molar-refractivity contribution in [3.05, 3.63) is 45.6 Å². The topological polar surface area (TPSA) is 75.6 Å². The van der Waals surface area contributed by atoms with E-state index in [1.165, 1.54) is 30.6 Å². The number of rotatable bonds is 3. The van der Waals surface area contributed by atoms with Crippen molar-refractivity contribution in [3.63, 3.8) is 0 Å². The summed E-state index contributed by atoms with van der Waals surface area (Å²) >= 11 is 1.21. The Labute approximate surface area is 119 Å². The lowest BCUT2D eigenvalue weighted by atomic mass is 10.2. The minimum atomic E-state index is -0.491. The first-order valence-corrected chi connectivity index (χ1v) is 6.67. The predicted octanol–water partition coefficient (Wildman–Crippen LogP) is 2.80. The number of thiophene rings is 1. The SMILES string of the molecule is COC(=O)c1scc(C)c1NC(=O)c1cccc(O)c1. The smallest absolute Gasteiger partial charge is 0.350 e. The van der Waals surface area contributed by atoms with E-state index in [1.807, 2.05) is 0 Å². The summed E-state index contributed by atoms with van der Waals surface area (Å²) in [6.45, 7) is 1.79. The molecule has 1 amide bonds. The fraction of sp³-hybridized carbons (Fsp3) is 0.143. The largest absolute Gasteiger partial charge is 0.508 e. The number of aryl methyl sites for hydroxylation is 1. The van der Waals surface area contributed by atoms with Crippen LogP contribution in [-0.2, 0) is 4.74 Å². The maximum absolute atomic E-state index is 12.1. The van der Waals surface area contributed by atoms with Crippen molar-refractivity contribution in [2.45, 2.75) is 6.92 Å². The van der Waals surface area contributed by atoms with Crippen molar-refractivity contribution in [2.75, 3.05) is 12.4 Å². The zero-order valence-electron chi connectivity index (χ0n) is 11.0. The first-order valence-electron chi connectivity index (χ1n) is 5.79. The van der Waals surface area contributed by atoms with Crippen LogP contribution >= 0.6 is 11.3 Å². The monoisotopic (exact) mass is 291 g/mol. The summed E-state index contributed by atoms with van der Waals surface area (Å²) in [5.74, 6) is -0.880. The normalized spacial score (nSPS) is 10.1. The third-order valence-electron chi connectivity index (χ3n) is 2.69. The molecule has 0 aliphatic heterocycles. The number of hydrogen-bond acceptors (Lipinski definition) is 5. The van der Waals surface area contributed by atoms with Crippen molar-refractivity contribution in [3.8, 4) is 5.75 Å². The van der Waals surface area contributed by atoms with Crippen LogP contribution in [-0.4, -0.2) is 24.1 Å². The van der Waals surface area contributed by atoms with E-state index in [9.17, 15) is 14.7 Å². The van der Waals surface area contributed by atoms with Gasteiger partial charge in [-0.15, -0.1) is 11.3 Å². The molecule has 0 saturated heterocycles. The number of phenolic OH excluding ortho intramolecular Hbond substituents is 1. The first kappa shape index (κ1) is 14.1. The van der Waals surface area contributed by atoms with Gasteiger partial charge in [-0.05, 0) is 36.1 Å². The summed E-state index contributed by atoms with van der Waals surface area (Å²) in [7, 11) is 1.29. The number of carbonyl (C=O) groups excluding carboxylic acids is 2. The summed E-state index contributed by atoms with van der Waals surface area (Å²) in [5.41, 5.74) is 1.53. The number of amides is 1. The molecule has 2 N–H and O–H groups in total. The van der Waals surface area contributed by atoms with E-state index in [1.54, 1.807) is 24.4 Å². The molecule has 0 spiro atoms. The molecule has 0 bridgehead atoms. The molecule has 1 heterocycles. The lowest BCUT2D eigenvalue weighted by Crippen LogP contribution is -2.14. The molecule has 0 fully saturated rings. The number of methoxy groups -OCH3 is 1. The van der Waals surface area contributed by atoms with Gasteiger partial charge in [0.15, 0.2) is 0 Å². The molecular weight excluding hydrogens is 278 g/mol. The Hall–Kier alpha value is -2.34. The van der Waals surface area contributed by atoms with Crippen molar-refractivity contribution in [1.82, 2.24) is 0 Å². The van der Waals surface area contributed by atoms with Crippen LogP contribution < -0.4 is 5.32 Å². The Morgan fingerprint density at radius 1 is 1.35 bits per heavy atom. The van der Waals surface area contributed by atoms with Gasteiger partial charge in [0.2, 0.25) is 0 Å². The molecule has 5 nitrogen and oxygen atoms in total. The average Bonchev–Trinajstić information content (AvgIpc) is 2.79. The highest BCUT2D eigenvalue weighted by Crippen LogP contribution is 2.29. The van der Waals surface area contributed by atoms with Gasteiger partial charge in [-0.25, -0.2) is 4.79 Å². The lowest BCUT2D eigenvalue weighted by molar-refractivity contribution is 0.0607. The van der Waals surface area contributed by atoms with Crippen molar-refractivity contribution in [1.29, 1.82) is 0 Å². The molecule has 6 heteroatoms. The summed E-state index contributed by atoms with van der Waals surface area (Å²) in [6, 6.07) is 5.99. The third-order valence-corrected chi connectivity index (χ3v) is 3.77. The van der Waals surface area contributed by atoms with Crippen LogP contribution in [0.25, 0.3) is 0 Å². The molecule has 0 atom stereocenters. The van der Waals surface area contributed by atoms with Crippen LogP contribution in [0.5, 0.6) is 5.75 Å². The zero-order valence-corrected chi connectivity index (χ0v) is 11.8. The maximum atomic E-state index is 12.1. The number of benzene rings is 1. The number of aromatic hydroxyl groups is 1. The van der Waals surface area contributed by atoms with E-state index in [2.05, 4.69) is 10.1 Å². The molecule has 0 saturated carbocycles. The van der Waals surface area contributed by atoms with E-state index < -0.39 is 11.9 Å². The Bertz CT molecular complexity index is 663. The van der Waals surface area contributed by atoms with Gasteiger partial charge < -0.3 is 15.2 Å². The molecule has 0 aliphatic rings. The molecule has 20 heavy (non-hydrogen) atoms. The second-order valence-electron chi connectivity index (χ2n) is 4.12. The van der Waals surface area contributed by atoms with Gasteiger partial charge in [-0.3, -0.25) is 4.79 Å². The quantitative estimate of drug-likeness (QED) is 0.853. The molecular formula is C14H13NO4S. The molecule has 0 aliphatic carbocycles. The highest BCUT2D eigenvalue weighted by Gasteiger charge is 2.19. The number of phenols is 1. The highest BCUT2D eigenvalue weighted by atomic mass is 32.1. The molecule has 0 radical (unpaired) electrons. The zero-order chi connectivity index (χ0) is 14.7. The van der Waals surface area contributed by atoms with Gasteiger partial charge in [-0.2, -0.15) is 0 Å². The number of ether oxygens (including phenoxy) is 1. The van der Waals surface area contributed by atoms with Crippen molar-refractivity contribution < 1.29 is 19.4 Å². The van der Waals surface area contributed by atoms with Crippen molar-refractivity contribution in [2.24, 2.45) is 0 Å². The van der Waals surface area contributed by atoms with Crippen LogP contribution in [0.3, 0.4) is 0 Å². The fourth-order valence-electron chi connectivity index (χ4n) is 1.68. The second-order valence-corrected chi connectivity index (χ2v) is 5.00. The molecule has 104 valence electrons. The number of anilines is 1. The first-order chi connectivity index (χ1) is 9.52. The second kappa shape index (κ2) is 5.75. The molecule has 1 aromatic carbocycles. The number of nitrogens with one attached hydrogen (secondary N) is 1. The fourth-order valence-corrected chi connectivity index (χ4v) is 2.60.